The molecule has 1 aliphatic rings. The molecule has 28 heavy (non-hydrogen) atoms. The van der Waals surface area contributed by atoms with E-state index in [4.69, 9.17) is 14.2 Å². The van der Waals surface area contributed by atoms with E-state index >= 15 is 0 Å². The van der Waals surface area contributed by atoms with Gasteiger partial charge in [-0.2, -0.15) is 0 Å². The van der Waals surface area contributed by atoms with Gasteiger partial charge in [0.15, 0.2) is 0 Å². The van der Waals surface area contributed by atoms with E-state index in [0.29, 0.717) is 16.9 Å². The van der Waals surface area contributed by atoms with Gasteiger partial charge in [-0.1, -0.05) is 36.4 Å². The van der Waals surface area contributed by atoms with Gasteiger partial charge < -0.3 is 14.2 Å². The Bertz CT molecular complexity index is 966. The van der Waals surface area contributed by atoms with Gasteiger partial charge in [-0.25, -0.2) is 0 Å². The zero-order valence-corrected chi connectivity index (χ0v) is 15.6. The molecule has 0 aliphatic carbocycles. The summed E-state index contributed by atoms with van der Waals surface area (Å²) in [7, 11) is 1.47. The number of benzene rings is 2. The number of carbonyl (C=O) groups is 3. The van der Waals surface area contributed by atoms with Crippen molar-refractivity contribution in [3.63, 3.8) is 0 Å². The summed E-state index contributed by atoms with van der Waals surface area (Å²) in [5, 5.41) is 2.52. The van der Waals surface area contributed by atoms with E-state index in [1.165, 1.54) is 14.0 Å². The summed E-state index contributed by atoms with van der Waals surface area (Å²) >= 11 is 0. The maximum atomic E-state index is 13.1. The number of amides is 1. The van der Waals surface area contributed by atoms with Crippen LogP contribution < -0.4 is 10.1 Å². The van der Waals surface area contributed by atoms with Crippen molar-refractivity contribution in [1.29, 1.82) is 0 Å². The number of hydrogen-bond donors (Lipinski definition) is 1. The van der Waals surface area contributed by atoms with Crippen molar-refractivity contribution in [2.45, 2.75) is 19.4 Å². The molecule has 0 aromatic heterocycles. The maximum Gasteiger partial charge on any atom is 0.308 e. The summed E-state index contributed by atoms with van der Waals surface area (Å²) in [6.07, 6.45) is 0. The van der Waals surface area contributed by atoms with Gasteiger partial charge in [0.25, 0.3) is 11.7 Å². The van der Waals surface area contributed by atoms with Gasteiger partial charge in [0.1, 0.15) is 5.75 Å². The number of carbonyl (C=O) groups excluding carboxylic acids is 3. The Morgan fingerprint density at radius 2 is 1.68 bits per heavy atom. The van der Waals surface area contributed by atoms with Crippen molar-refractivity contribution < 1.29 is 28.6 Å². The van der Waals surface area contributed by atoms with Crippen molar-refractivity contribution in [2.24, 2.45) is 0 Å². The van der Waals surface area contributed by atoms with Gasteiger partial charge in [0, 0.05) is 18.1 Å². The first kappa shape index (κ1) is 19.2. The third-order valence-electron chi connectivity index (χ3n) is 4.28. The first-order chi connectivity index (χ1) is 13.4. The Labute approximate surface area is 161 Å². The monoisotopic (exact) mass is 381 g/mol. The second kappa shape index (κ2) is 7.56. The van der Waals surface area contributed by atoms with Crippen LogP contribution in [0, 0.1) is 0 Å². The first-order valence-electron chi connectivity index (χ1n) is 8.53. The molecular weight excluding hydrogens is 362 g/mol. The third-order valence-corrected chi connectivity index (χ3v) is 4.28. The van der Waals surface area contributed by atoms with Crippen LogP contribution in [-0.4, -0.2) is 24.8 Å². The lowest BCUT2D eigenvalue weighted by Crippen LogP contribution is -2.33. The van der Waals surface area contributed by atoms with Crippen LogP contribution in [0.3, 0.4) is 0 Å². The van der Waals surface area contributed by atoms with Gasteiger partial charge in [0.2, 0.25) is 17.2 Å². The molecule has 1 aliphatic heterocycles. The van der Waals surface area contributed by atoms with Crippen LogP contribution in [0.25, 0.3) is 0 Å². The van der Waals surface area contributed by atoms with Crippen LogP contribution in [0.15, 0.2) is 66.2 Å². The lowest BCUT2D eigenvalue weighted by molar-refractivity contribution is -0.142. The SMILES string of the molecule is COc1ccccc1C1(C)OC(NC(=O)c2ccccc2)=C(OC(C)=O)C1=O. The van der Waals surface area contributed by atoms with Crippen molar-refractivity contribution in [2.75, 3.05) is 7.11 Å². The largest absolute Gasteiger partial charge is 0.496 e. The predicted octanol–water partition coefficient (Wildman–Crippen LogP) is 2.67. The molecule has 2 aromatic carbocycles. The van der Waals surface area contributed by atoms with Crippen LogP contribution in [0.1, 0.15) is 29.8 Å². The van der Waals surface area contributed by atoms with Crippen molar-refractivity contribution in [3.05, 3.63) is 77.4 Å². The zero-order valence-electron chi connectivity index (χ0n) is 15.6. The van der Waals surface area contributed by atoms with E-state index in [0.717, 1.165) is 6.92 Å². The third kappa shape index (κ3) is 3.46. The molecule has 7 nitrogen and oxygen atoms in total. The minimum Gasteiger partial charge on any atom is -0.496 e. The van der Waals surface area contributed by atoms with Gasteiger partial charge in [-0.05, 0) is 25.1 Å². The standard InChI is InChI=1S/C21H19NO6/c1-13(23)27-17-18(24)21(2,15-11-7-8-12-16(15)26-3)28-20(17)22-19(25)14-9-5-4-6-10-14/h4-12H,1-3H3,(H,22,25). The Hall–Kier alpha value is -3.61. The summed E-state index contributed by atoms with van der Waals surface area (Å²) in [6.45, 7) is 2.69. The Kier molecular flexibility index (Phi) is 5.17. The fourth-order valence-corrected chi connectivity index (χ4v) is 2.92. The lowest BCUT2D eigenvalue weighted by atomic mass is 9.91. The molecule has 0 bridgehead atoms. The van der Waals surface area contributed by atoms with E-state index in [2.05, 4.69) is 5.32 Å². The Morgan fingerprint density at radius 3 is 2.32 bits per heavy atom. The highest BCUT2D eigenvalue weighted by atomic mass is 16.6. The molecule has 144 valence electrons. The van der Waals surface area contributed by atoms with E-state index in [1.807, 2.05) is 0 Å². The molecule has 0 spiro atoms. The summed E-state index contributed by atoms with van der Waals surface area (Å²) in [6, 6.07) is 15.2. The topological polar surface area (TPSA) is 90.9 Å². The maximum absolute atomic E-state index is 13.1. The normalized spacial score (nSPS) is 18.5. The highest BCUT2D eigenvalue weighted by molar-refractivity contribution is 6.06. The number of ketones is 1. The van der Waals surface area contributed by atoms with Crippen molar-refractivity contribution >= 4 is 17.7 Å². The number of Topliss-reactive ketones (excluding diaryl/α,β-unsaturated/α-hetero) is 1. The molecule has 0 saturated carbocycles. The zero-order chi connectivity index (χ0) is 20.3. The number of para-hydroxylation sites is 1. The van der Waals surface area contributed by atoms with E-state index in [9.17, 15) is 14.4 Å². The second-order valence-electron chi connectivity index (χ2n) is 6.24. The number of methoxy groups -OCH3 is 1. The van der Waals surface area contributed by atoms with Crippen molar-refractivity contribution in [1.82, 2.24) is 5.32 Å². The quantitative estimate of drug-likeness (QED) is 0.801. The second-order valence-corrected chi connectivity index (χ2v) is 6.24. The minimum atomic E-state index is -1.53. The van der Waals surface area contributed by atoms with Crippen LogP contribution >= 0.6 is 0 Å². The molecule has 7 heteroatoms. The predicted molar refractivity (Wildman–Crippen MR) is 99.1 cm³/mol. The number of ether oxygens (including phenoxy) is 3. The molecule has 3 rings (SSSR count). The highest BCUT2D eigenvalue weighted by Crippen LogP contribution is 2.42. The van der Waals surface area contributed by atoms with E-state index in [1.54, 1.807) is 54.6 Å². The molecule has 0 saturated heterocycles. The average molecular weight is 381 g/mol. The molecule has 1 atom stereocenters. The highest BCUT2D eigenvalue weighted by Gasteiger charge is 2.51. The van der Waals surface area contributed by atoms with Gasteiger partial charge in [-0.3, -0.25) is 19.7 Å². The van der Waals surface area contributed by atoms with E-state index in [-0.39, 0.29) is 11.6 Å². The Morgan fingerprint density at radius 1 is 1.04 bits per heavy atom. The smallest absolute Gasteiger partial charge is 0.308 e. The lowest BCUT2D eigenvalue weighted by Gasteiger charge is -2.25. The molecule has 1 heterocycles. The number of hydrogen-bond acceptors (Lipinski definition) is 6. The molecule has 2 aromatic rings. The molecule has 0 fully saturated rings. The summed E-state index contributed by atoms with van der Waals surface area (Å²) < 4.78 is 16.2. The fraction of sp³-hybridized carbons (Fsp3) is 0.190. The number of rotatable bonds is 5. The summed E-state index contributed by atoms with van der Waals surface area (Å²) in [5.41, 5.74) is -0.730. The van der Waals surface area contributed by atoms with Crippen LogP contribution in [0.2, 0.25) is 0 Å². The summed E-state index contributed by atoms with van der Waals surface area (Å²) in [5.74, 6) is -1.96. The number of esters is 1. The molecule has 1 N–H and O–H groups in total. The van der Waals surface area contributed by atoms with Gasteiger partial charge >= 0.3 is 5.97 Å². The first-order valence-corrected chi connectivity index (χ1v) is 8.53. The van der Waals surface area contributed by atoms with Crippen molar-refractivity contribution in [3.8, 4) is 5.75 Å². The fourth-order valence-electron chi connectivity index (χ4n) is 2.92. The Balaban J connectivity index is 1.99. The minimum absolute atomic E-state index is 0.220. The van der Waals surface area contributed by atoms with Crippen LogP contribution in [0.5, 0.6) is 5.75 Å². The molecule has 1 unspecified atom stereocenters. The van der Waals surface area contributed by atoms with Crippen LogP contribution in [0.4, 0.5) is 0 Å². The van der Waals surface area contributed by atoms with Gasteiger partial charge in [-0.15, -0.1) is 0 Å². The van der Waals surface area contributed by atoms with Crippen LogP contribution in [-0.2, 0) is 24.7 Å². The average Bonchev–Trinajstić information content (AvgIpc) is 2.93. The number of nitrogens with one attached hydrogen (secondary N) is 1. The van der Waals surface area contributed by atoms with Gasteiger partial charge in [0.05, 0.1) is 7.11 Å². The molecular formula is C21H19NO6. The van der Waals surface area contributed by atoms with E-state index < -0.39 is 23.3 Å². The summed E-state index contributed by atoms with van der Waals surface area (Å²) in [4.78, 5) is 37.1. The molecule has 0 radical (unpaired) electrons. The molecule has 1 amide bonds.